The molecule has 0 aliphatic rings. The van der Waals surface area contributed by atoms with Crippen LogP contribution >= 0.6 is 8.58 Å². The second kappa shape index (κ2) is 5.92. The van der Waals surface area contributed by atoms with Crippen LogP contribution in [0.1, 0.15) is 11.1 Å². The van der Waals surface area contributed by atoms with Crippen LogP contribution < -0.4 is 22.1 Å². The van der Waals surface area contributed by atoms with Gasteiger partial charge in [0, 0.05) is 13.1 Å². The molecule has 0 aliphatic carbocycles. The minimum absolute atomic E-state index is 0.600. The molecule has 0 unspecified atom stereocenters. The first-order valence-electron chi connectivity index (χ1n) is 5.61. The Kier molecular flexibility index (Phi) is 4.27. The van der Waals surface area contributed by atoms with Crippen LogP contribution in [0.25, 0.3) is 0 Å². The first-order valence-corrected chi connectivity index (χ1v) is 6.51. The number of nitrogens with two attached hydrogens (primary N) is 2. The quantitative estimate of drug-likeness (QED) is 0.800. The third-order valence-electron chi connectivity index (χ3n) is 2.60. The van der Waals surface area contributed by atoms with Crippen LogP contribution in [0.4, 0.5) is 0 Å². The maximum atomic E-state index is 5.57. The zero-order chi connectivity index (χ0) is 12.1. The number of hydrogen-bond acceptors (Lipinski definition) is 2. The van der Waals surface area contributed by atoms with Crippen LogP contribution in [0.3, 0.4) is 0 Å². The van der Waals surface area contributed by atoms with Crippen molar-refractivity contribution in [1.29, 1.82) is 0 Å². The second-order valence-corrected chi connectivity index (χ2v) is 5.11. The van der Waals surface area contributed by atoms with Crippen molar-refractivity contribution in [3.63, 3.8) is 0 Å². The van der Waals surface area contributed by atoms with E-state index in [1.165, 1.54) is 30.3 Å². The van der Waals surface area contributed by atoms with Gasteiger partial charge in [-0.2, -0.15) is 0 Å². The van der Waals surface area contributed by atoms with Crippen LogP contribution in [0.2, 0.25) is 0 Å². The fraction of sp³-hybridized carbons (Fsp3) is 0.143. The first-order chi connectivity index (χ1) is 8.31. The van der Waals surface area contributed by atoms with Crippen LogP contribution in [0.5, 0.6) is 0 Å². The van der Waals surface area contributed by atoms with Gasteiger partial charge in [0.1, 0.15) is 0 Å². The van der Waals surface area contributed by atoms with Crippen LogP contribution in [0.15, 0.2) is 48.5 Å². The summed E-state index contributed by atoms with van der Waals surface area (Å²) in [4.78, 5) is 0. The Labute approximate surface area is 104 Å². The number of benzene rings is 2. The predicted octanol–water partition coefficient (Wildman–Crippen LogP) is 1.50. The lowest BCUT2D eigenvalue weighted by molar-refractivity contribution is 1.07. The van der Waals surface area contributed by atoms with Gasteiger partial charge in [0.05, 0.1) is 0 Å². The second-order valence-electron chi connectivity index (χ2n) is 3.85. The van der Waals surface area contributed by atoms with Crippen molar-refractivity contribution in [1.82, 2.24) is 0 Å². The third-order valence-corrected chi connectivity index (χ3v) is 3.71. The monoisotopic (exact) mass is 243 g/mol. The summed E-state index contributed by atoms with van der Waals surface area (Å²) >= 11 is 0. The van der Waals surface area contributed by atoms with E-state index in [9.17, 15) is 0 Å². The molecule has 0 bridgehead atoms. The molecule has 0 saturated heterocycles. The molecule has 3 heteroatoms. The summed E-state index contributed by atoms with van der Waals surface area (Å²) in [6.07, 6.45) is 0. The van der Waals surface area contributed by atoms with Gasteiger partial charge in [0.2, 0.25) is 0 Å². The molecule has 0 heterocycles. The summed E-state index contributed by atoms with van der Waals surface area (Å²) in [6.45, 7) is 1.20. The fourth-order valence-electron chi connectivity index (χ4n) is 1.56. The zero-order valence-electron chi connectivity index (χ0n) is 9.63. The normalized spacial score (nSPS) is 10.5. The Hall–Kier alpha value is -1.21. The molecule has 0 amide bonds. The molecular formula is C14H16N2P. The molecule has 0 atom stereocenters. The molecule has 0 spiro atoms. The summed E-state index contributed by atoms with van der Waals surface area (Å²) in [6, 6.07) is 16.8. The Morgan fingerprint density at radius 2 is 1.00 bits per heavy atom. The van der Waals surface area contributed by atoms with E-state index in [1.807, 2.05) is 0 Å². The topological polar surface area (TPSA) is 52.0 Å². The average molecular weight is 243 g/mol. The van der Waals surface area contributed by atoms with Crippen LogP contribution in [0, 0.1) is 0 Å². The molecule has 2 aromatic carbocycles. The fourth-order valence-corrected chi connectivity index (χ4v) is 2.46. The van der Waals surface area contributed by atoms with E-state index in [0.29, 0.717) is 13.1 Å². The highest BCUT2D eigenvalue weighted by Crippen LogP contribution is 2.11. The largest absolute Gasteiger partial charge is 0.326 e. The first kappa shape index (κ1) is 12.3. The van der Waals surface area contributed by atoms with Crippen molar-refractivity contribution in [2.75, 3.05) is 0 Å². The van der Waals surface area contributed by atoms with E-state index in [1.54, 1.807) is 0 Å². The molecular weight excluding hydrogens is 227 g/mol. The van der Waals surface area contributed by atoms with E-state index in [0.717, 1.165) is 0 Å². The summed E-state index contributed by atoms with van der Waals surface area (Å²) in [5.41, 5.74) is 13.5. The Morgan fingerprint density at radius 1 is 0.647 bits per heavy atom. The third kappa shape index (κ3) is 3.37. The molecule has 0 aromatic heterocycles. The van der Waals surface area contributed by atoms with Crippen molar-refractivity contribution in [3.8, 4) is 0 Å². The molecule has 0 saturated carbocycles. The van der Waals surface area contributed by atoms with Crippen molar-refractivity contribution >= 4 is 19.2 Å². The maximum Gasteiger partial charge on any atom is 0.0178 e. The van der Waals surface area contributed by atoms with Gasteiger partial charge in [-0.05, 0) is 30.3 Å². The van der Waals surface area contributed by atoms with Gasteiger partial charge in [-0.3, -0.25) is 0 Å². The van der Waals surface area contributed by atoms with E-state index in [2.05, 4.69) is 48.5 Å². The van der Waals surface area contributed by atoms with Crippen molar-refractivity contribution in [2.24, 2.45) is 11.5 Å². The van der Waals surface area contributed by atoms with Gasteiger partial charge in [-0.1, -0.05) is 48.5 Å². The molecule has 17 heavy (non-hydrogen) atoms. The Bertz CT molecular complexity index is 417. The summed E-state index contributed by atoms with van der Waals surface area (Å²) in [7, 11) is 1.22. The minimum atomic E-state index is 0.600. The zero-order valence-corrected chi connectivity index (χ0v) is 10.5. The van der Waals surface area contributed by atoms with Gasteiger partial charge in [0.15, 0.2) is 0 Å². The molecule has 0 aliphatic heterocycles. The van der Waals surface area contributed by atoms with Crippen molar-refractivity contribution in [2.45, 2.75) is 13.1 Å². The standard InChI is InChI=1S/C14H16N2P/c15-9-11-1-5-13(6-2-11)17-14-7-3-12(10-16)4-8-14/h1-8H,9-10,15-16H2. The predicted molar refractivity (Wildman–Crippen MR) is 74.9 cm³/mol. The molecule has 0 fully saturated rings. The molecule has 2 rings (SSSR count). The number of rotatable bonds is 4. The highest BCUT2D eigenvalue weighted by molar-refractivity contribution is 7.55. The molecule has 2 nitrogen and oxygen atoms in total. The maximum absolute atomic E-state index is 5.57. The lowest BCUT2D eigenvalue weighted by Crippen LogP contribution is -2.05. The lowest BCUT2D eigenvalue weighted by Gasteiger charge is -2.03. The molecule has 87 valence electrons. The van der Waals surface area contributed by atoms with E-state index >= 15 is 0 Å². The highest BCUT2D eigenvalue weighted by Gasteiger charge is 1.98. The van der Waals surface area contributed by atoms with E-state index in [-0.39, 0.29) is 0 Å². The van der Waals surface area contributed by atoms with Gasteiger partial charge < -0.3 is 11.5 Å². The van der Waals surface area contributed by atoms with Gasteiger partial charge in [-0.15, -0.1) is 0 Å². The van der Waals surface area contributed by atoms with Crippen LogP contribution in [-0.2, 0) is 13.1 Å². The highest BCUT2D eigenvalue weighted by atomic mass is 31.1. The molecule has 2 aromatic rings. The smallest absolute Gasteiger partial charge is 0.0178 e. The SMILES string of the molecule is NCc1ccc([P]c2ccc(CN)cc2)cc1. The van der Waals surface area contributed by atoms with Crippen LogP contribution in [-0.4, -0.2) is 0 Å². The van der Waals surface area contributed by atoms with Gasteiger partial charge >= 0.3 is 0 Å². The summed E-state index contributed by atoms with van der Waals surface area (Å²) in [5, 5.41) is 2.56. The van der Waals surface area contributed by atoms with Gasteiger partial charge in [-0.25, -0.2) is 0 Å². The summed E-state index contributed by atoms with van der Waals surface area (Å²) in [5.74, 6) is 0. The van der Waals surface area contributed by atoms with Gasteiger partial charge in [0.25, 0.3) is 0 Å². The Balaban J connectivity index is 2.08. The van der Waals surface area contributed by atoms with E-state index < -0.39 is 0 Å². The lowest BCUT2D eigenvalue weighted by atomic mass is 10.2. The Morgan fingerprint density at radius 3 is 1.29 bits per heavy atom. The molecule has 1 radical (unpaired) electrons. The summed E-state index contributed by atoms with van der Waals surface area (Å²) < 4.78 is 0. The molecule has 4 N–H and O–H groups in total. The van der Waals surface area contributed by atoms with E-state index in [4.69, 9.17) is 11.5 Å². The minimum Gasteiger partial charge on any atom is -0.326 e. The average Bonchev–Trinajstić information content (AvgIpc) is 2.40. The van der Waals surface area contributed by atoms with Crippen molar-refractivity contribution in [3.05, 3.63) is 59.7 Å². The van der Waals surface area contributed by atoms with Crippen molar-refractivity contribution < 1.29 is 0 Å². The number of hydrogen-bond donors (Lipinski definition) is 2.